The molecule has 4 rings (SSSR count). The van der Waals surface area contributed by atoms with Crippen molar-refractivity contribution in [3.05, 3.63) is 65.9 Å². The fraction of sp³-hybridized carbons (Fsp3) is 0.263. The Balaban J connectivity index is 1.52. The molecule has 9 heteroatoms. The molecule has 0 saturated carbocycles. The number of nitrogens with zero attached hydrogens (tertiary/aromatic N) is 4. The van der Waals surface area contributed by atoms with Gasteiger partial charge in [-0.05, 0) is 36.4 Å². The van der Waals surface area contributed by atoms with Gasteiger partial charge in [-0.15, -0.1) is 0 Å². The first-order valence-electron chi connectivity index (χ1n) is 8.67. The summed E-state index contributed by atoms with van der Waals surface area (Å²) in [4.78, 5) is 20.1. The maximum absolute atomic E-state index is 13.1. The summed E-state index contributed by atoms with van der Waals surface area (Å²) in [6.45, 7) is 1.90. The van der Waals surface area contributed by atoms with Gasteiger partial charge in [0.05, 0.1) is 5.56 Å². The van der Waals surface area contributed by atoms with Crippen molar-refractivity contribution in [1.82, 2.24) is 14.3 Å². The molecule has 1 amide bonds. The molecule has 0 spiro atoms. The first-order chi connectivity index (χ1) is 13.3. The lowest BCUT2D eigenvalue weighted by Crippen LogP contribution is -2.48. The third kappa shape index (κ3) is 3.39. The molecule has 3 heterocycles. The van der Waals surface area contributed by atoms with Crippen LogP contribution in [0.4, 0.5) is 23.2 Å². The normalized spacial score (nSPS) is 15.3. The number of imidazole rings is 1. The van der Waals surface area contributed by atoms with Crippen molar-refractivity contribution in [3.63, 3.8) is 0 Å². The molecular formula is C19H16F4N4O. The van der Waals surface area contributed by atoms with E-state index < -0.39 is 11.9 Å². The number of benzene rings is 1. The van der Waals surface area contributed by atoms with Gasteiger partial charge in [0.1, 0.15) is 11.5 Å². The van der Waals surface area contributed by atoms with Crippen LogP contribution in [0.1, 0.15) is 16.1 Å². The number of rotatable bonds is 2. The zero-order valence-electron chi connectivity index (χ0n) is 14.7. The summed E-state index contributed by atoms with van der Waals surface area (Å²) in [6.07, 6.45) is -2.27. The largest absolute Gasteiger partial charge is 0.434 e. The summed E-state index contributed by atoms with van der Waals surface area (Å²) < 4.78 is 53.1. The van der Waals surface area contributed by atoms with Gasteiger partial charge in [0.2, 0.25) is 0 Å². The van der Waals surface area contributed by atoms with E-state index in [1.807, 2.05) is 4.90 Å². The van der Waals surface area contributed by atoms with E-state index >= 15 is 0 Å². The summed E-state index contributed by atoms with van der Waals surface area (Å²) in [6, 6.07) is 9.12. The minimum absolute atomic E-state index is 0.0132. The van der Waals surface area contributed by atoms with Gasteiger partial charge >= 0.3 is 6.18 Å². The minimum Gasteiger partial charge on any atom is -0.368 e. The van der Waals surface area contributed by atoms with Crippen LogP contribution in [0.15, 0.2) is 48.8 Å². The van der Waals surface area contributed by atoms with Gasteiger partial charge in [0, 0.05) is 44.3 Å². The molecule has 1 aromatic carbocycles. The lowest BCUT2D eigenvalue weighted by atomic mass is 10.2. The SMILES string of the molecule is O=C(c1cccn2cc(C(F)(F)F)nc12)N1CCN(c2ccc(F)cc2)CC1. The van der Waals surface area contributed by atoms with Crippen LogP contribution in [0.3, 0.4) is 0 Å². The minimum atomic E-state index is -4.58. The predicted octanol–water partition coefficient (Wildman–Crippen LogP) is 3.45. The summed E-state index contributed by atoms with van der Waals surface area (Å²) >= 11 is 0. The van der Waals surface area contributed by atoms with Crippen LogP contribution >= 0.6 is 0 Å². The number of hydrogen-bond acceptors (Lipinski definition) is 3. The zero-order chi connectivity index (χ0) is 19.9. The van der Waals surface area contributed by atoms with E-state index in [0.717, 1.165) is 11.9 Å². The van der Waals surface area contributed by atoms with Crippen molar-refractivity contribution in [2.24, 2.45) is 0 Å². The second-order valence-corrected chi connectivity index (χ2v) is 6.53. The summed E-state index contributed by atoms with van der Waals surface area (Å²) in [5, 5.41) is 0. The zero-order valence-corrected chi connectivity index (χ0v) is 14.7. The molecular weight excluding hydrogens is 376 g/mol. The molecule has 1 saturated heterocycles. The van der Waals surface area contributed by atoms with Crippen LogP contribution < -0.4 is 4.90 Å². The van der Waals surface area contributed by atoms with Crippen molar-refractivity contribution in [3.8, 4) is 0 Å². The van der Waals surface area contributed by atoms with Crippen molar-refractivity contribution in [2.75, 3.05) is 31.1 Å². The lowest BCUT2D eigenvalue weighted by Gasteiger charge is -2.36. The maximum atomic E-state index is 13.1. The molecule has 3 aromatic rings. The number of carbonyl (C=O) groups excluding carboxylic acids is 1. The second-order valence-electron chi connectivity index (χ2n) is 6.53. The molecule has 0 aliphatic carbocycles. The molecule has 5 nitrogen and oxygen atoms in total. The average Bonchev–Trinajstić information content (AvgIpc) is 3.13. The fourth-order valence-corrected chi connectivity index (χ4v) is 3.31. The Morgan fingerprint density at radius 1 is 1.00 bits per heavy atom. The number of amides is 1. The Morgan fingerprint density at radius 2 is 1.68 bits per heavy atom. The van der Waals surface area contributed by atoms with E-state index in [0.29, 0.717) is 26.2 Å². The highest BCUT2D eigenvalue weighted by Crippen LogP contribution is 2.29. The molecule has 1 aliphatic heterocycles. The Hall–Kier alpha value is -3.10. The van der Waals surface area contributed by atoms with Crippen molar-refractivity contribution < 1.29 is 22.4 Å². The second kappa shape index (κ2) is 6.81. The monoisotopic (exact) mass is 392 g/mol. The third-order valence-electron chi connectivity index (χ3n) is 4.76. The molecule has 0 unspecified atom stereocenters. The number of carbonyl (C=O) groups is 1. The van der Waals surface area contributed by atoms with Crippen LogP contribution in [0, 0.1) is 5.82 Å². The first kappa shape index (κ1) is 18.3. The van der Waals surface area contributed by atoms with Gasteiger partial charge < -0.3 is 14.2 Å². The smallest absolute Gasteiger partial charge is 0.368 e. The van der Waals surface area contributed by atoms with E-state index in [9.17, 15) is 22.4 Å². The van der Waals surface area contributed by atoms with Crippen LogP contribution in [-0.2, 0) is 6.18 Å². The van der Waals surface area contributed by atoms with Crippen LogP contribution in [0.25, 0.3) is 5.65 Å². The van der Waals surface area contributed by atoms with Crippen molar-refractivity contribution in [2.45, 2.75) is 6.18 Å². The number of fused-ring (bicyclic) bond motifs is 1. The number of halogens is 4. The molecule has 28 heavy (non-hydrogen) atoms. The molecule has 0 N–H and O–H groups in total. The van der Waals surface area contributed by atoms with Crippen LogP contribution in [0.5, 0.6) is 0 Å². The number of hydrogen-bond donors (Lipinski definition) is 0. The third-order valence-corrected chi connectivity index (χ3v) is 4.76. The highest BCUT2D eigenvalue weighted by atomic mass is 19.4. The number of piperazine rings is 1. The van der Waals surface area contributed by atoms with E-state index in [1.165, 1.54) is 34.9 Å². The molecule has 1 aliphatic rings. The number of anilines is 1. The molecule has 0 radical (unpaired) electrons. The number of alkyl halides is 3. The highest BCUT2D eigenvalue weighted by Gasteiger charge is 2.35. The van der Waals surface area contributed by atoms with Gasteiger partial charge in [-0.25, -0.2) is 9.37 Å². The highest BCUT2D eigenvalue weighted by molar-refractivity contribution is 6.00. The standard InChI is InChI=1S/C19H16F4N4O/c20-13-3-5-14(6-4-13)25-8-10-26(11-9-25)18(28)15-2-1-7-27-12-16(19(21,22)23)24-17(15)27/h1-7,12H,8-11H2. The van der Waals surface area contributed by atoms with Gasteiger partial charge in [0.25, 0.3) is 5.91 Å². The first-order valence-corrected chi connectivity index (χ1v) is 8.67. The van der Waals surface area contributed by atoms with Gasteiger partial charge in [-0.1, -0.05) is 0 Å². The van der Waals surface area contributed by atoms with Crippen LogP contribution in [0.2, 0.25) is 0 Å². The quantitative estimate of drug-likeness (QED) is 0.628. The van der Waals surface area contributed by atoms with E-state index in [-0.39, 0.29) is 22.9 Å². The fourth-order valence-electron chi connectivity index (χ4n) is 3.31. The molecule has 0 bridgehead atoms. The Morgan fingerprint density at radius 3 is 2.32 bits per heavy atom. The summed E-state index contributed by atoms with van der Waals surface area (Å²) in [5.41, 5.74) is -0.0541. The van der Waals surface area contributed by atoms with E-state index in [2.05, 4.69) is 4.98 Å². The van der Waals surface area contributed by atoms with Crippen molar-refractivity contribution >= 4 is 17.2 Å². The molecule has 0 atom stereocenters. The van der Waals surface area contributed by atoms with Crippen molar-refractivity contribution in [1.29, 1.82) is 0 Å². The maximum Gasteiger partial charge on any atom is 0.434 e. The predicted molar refractivity (Wildman–Crippen MR) is 94.7 cm³/mol. The van der Waals surface area contributed by atoms with Gasteiger partial charge in [-0.3, -0.25) is 4.79 Å². The van der Waals surface area contributed by atoms with Gasteiger partial charge in [0.15, 0.2) is 5.69 Å². The van der Waals surface area contributed by atoms with Gasteiger partial charge in [-0.2, -0.15) is 13.2 Å². The lowest BCUT2D eigenvalue weighted by molar-refractivity contribution is -0.140. The Kier molecular flexibility index (Phi) is 4.44. The number of pyridine rings is 1. The Labute approximate surface area is 157 Å². The summed E-state index contributed by atoms with van der Waals surface area (Å²) in [5.74, 6) is -0.674. The Bertz CT molecular complexity index is 1000. The number of aromatic nitrogens is 2. The van der Waals surface area contributed by atoms with E-state index in [4.69, 9.17) is 0 Å². The molecule has 146 valence electrons. The molecule has 2 aromatic heterocycles. The van der Waals surface area contributed by atoms with E-state index in [1.54, 1.807) is 17.0 Å². The average molecular weight is 392 g/mol. The molecule has 1 fully saturated rings. The van der Waals surface area contributed by atoms with Crippen LogP contribution in [-0.4, -0.2) is 46.4 Å². The topological polar surface area (TPSA) is 40.9 Å². The summed E-state index contributed by atoms with van der Waals surface area (Å²) in [7, 11) is 0.